The number of aryl methyl sites for hydroxylation is 1. The maximum atomic E-state index is 12.4. The number of nitrogens with two attached hydrogens (primary N) is 1. The van der Waals surface area contributed by atoms with E-state index >= 15 is 0 Å². The van der Waals surface area contributed by atoms with Crippen LogP contribution in [0.25, 0.3) is 0 Å². The fourth-order valence-corrected chi connectivity index (χ4v) is 3.38. The molecule has 0 aromatic heterocycles. The van der Waals surface area contributed by atoms with Crippen LogP contribution in [0.2, 0.25) is 7.73 Å². The zero-order valence-electron chi connectivity index (χ0n) is 17.6. The minimum Gasteiger partial charge on any atom is -0.669 e. The molecule has 0 saturated carbocycles. The Balaban J connectivity index is 1.63. The predicted molar refractivity (Wildman–Crippen MR) is 105 cm³/mol. The van der Waals surface area contributed by atoms with Crippen LogP contribution in [-0.2, 0) is 16.0 Å². The summed E-state index contributed by atoms with van der Waals surface area (Å²) in [5.74, 6) is -2.25. The van der Waals surface area contributed by atoms with Gasteiger partial charge in [-0.25, -0.2) is 4.79 Å². The molecule has 3 rings (SSSR count). The Kier molecular flexibility index (Phi) is 5.54. The van der Waals surface area contributed by atoms with Crippen LogP contribution in [0.3, 0.4) is 0 Å². The summed E-state index contributed by atoms with van der Waals surface area (Å²) < 4.78 is 17.9. The van der Waals surface area contributed by atoms with E-state index in [0.717, 1.165) is 0 Å². The average Bonchev–Trinajstić information content (AvgIpc) is 2.67. The van der Waals surface area contributed by atoms with E-state index in [-0.39, 0.29) is 48.8 Å². The van der Waals surface area contributed by atoms with Crippen molar-refractivity contribution in [1.29, 1.82) is 0 Å². The van der Waals surface area contributed by atoms with Gasteiger partial charge >= 0.3 is 12.7 Å². The van der Waals surface area contributed by atoms with E-state index in [9.17, 15) is 29.5 Å². The lowest BCUT2D eigenvalue weighted by molar-refractivity contribution is -0.143. The molecule has 2 heterocycles. The van der Waals surface area contributed by atoms with Gasteiger partial charge in [-0.1, -0.05) is 12.4 Å². The number of nitrogens with one attached hydrogen (secondary N) is 1. The van der Waals surface area contributed by atoms with Crippen molar-refractivity contribution in [2.45, 2.75) is 44.8 Å². The molecule has 0 spiro atoms. The second kappa shape index (κ2) is 8.13. The molecule has 2 atom stereocenters. The Morgan fingerprint density at radius 3 is 2.70 bits per heavy atom. The lowest BCUT2D eigenvalue weighted by atomic mass is 9.70. The van der Waals surface area contributed by atoms with E-state index in [1.54, 1.807) is 6.07 Å². The molecule has 0 radical (unpaired) electrons. The summed E-state index contributed by atoms with van der Waals surface area (Å²) >= 11 is 0. The number of ether oxygens (including phenoxy) is 1. The zero-order chi connectivity index (χ0) is 22.9. The Bertz CT molecular complexity index is 893. The number of carboxylic acids is 1. The van der Waals surface area contributed by atoms with Gasteiger partial charge in [-0.2, -0.15) is 0 Å². The number of amides is 2. The van der Waals surface area contributed by atoms with Gasteiger partial charge in [0.2, 0.25) is 11.8 Å². The molecule has 12 heteroatoms. The summed E-state index contributed by atoms with van der Waals surface area (Å²) in [4.78, 5) is 37.5. The lowest BCUT2D eigenvalue weighted by Gasteiger charge is -2.41. The first-order valence-electron chi connectivity index (χ1n) is 10.1. The highest BCUT2D eigenvalue weighted by molar-refractivity contribution is 6.59. The van der Waals surface area contributed by atoms with Crippen LogP contribution in [-0.4, -0.2) is 75.9 Å². The molecule has 164 valence electrons. The molecule has 1 fully saturated rings. The highest BCUT2D eigenvalue weighted by atomic mass is 16.6. The van der Waals surface area contributed by atoms with Crippen LogP contribution in [0.1, 0.15) is 29.8 Å². The summed E-state index contributed by atoms with van der Waals surface area (Å²) in [6, 6.07) is 1.55. The van der Waals surface area contributed by atoms with Crippen molar-refractivity contribution in [3.05, 3.63) is 23.3 Å². The number of carboxylic acid groups (broad SMARTS) is 1. The fourth-order valence-electron chi connectivity index (χ4n) is 3.38. The molecule has 2 aliphatic heterocycles. The number of rotatable bonds is 7. The van der Waals surface area contributed by atoms with Crippen molar-refractivity contribution < 1.29 is 40.3 Å². The molecule has 6 N–H and O–H groups in total. The van der Waals surface area contributed by atoms with Crippen LogP contribution in [0.4, 0.5) is 0 Å². The third-order valence-electron chi connectivity index (χ3n) is 5.09. The second-order valence-corrected chi connectivity index (χ2v) is 7.68. The van der Waals surface area contributed by atoms with Gasteiger partial charge in [0.15, 0.2) is 0 Å². The summed E-state index contributed by atoms with van der Waals surface area (Å²) in [5, 5.41) is 31.7. The van der Waals surface area contributed by atoms with E-state index < -0.39 is 36.8 Å². The first-order chi connectivity index (χ1) is 14.5. The van der Waals surface area contributed by atoms with Crippen LogP contribution < -0.4 is 20.4 Å². The van der Waals surface area contributed by atoms with Crippen molar-refractivity contribution in [3.8, 4) is 11.5 Å². The van der Waals surface area contributed by atoms with Crippen molar-refractivity contribution in [2.75, 3.05) is 13.1 Å². The molecule has 1 aromatic carbocycles. The minimum absolute atomic E-state index is 0.00791. The first kappa shape index (κ1) is 20.4. The molecule has 1 aromatic rings. The van der Waals surface area contributed by atoms with E-state index in [1.807, 2.05) is 5.73 Å². The molecule has 30 heavy (non-hydrogen) atoms. The van der Waals surface area contributed by atoms with Crippen molar-refractivity contribution in [1.82, 2.24) is 10.2 Å². The van der Waals surface area contributed by atoms with Crippen molar-refractivity contribution in [2.24, 2.45) is 5.73 Å². The summed E-state index contributed by atoms with van der Waals surface area (Å²) in [6.45, 7) is 0.276. The van der Waals surface area contributed by atoms with Gasteiger partial charge in [-0.15, -0.1) is 0 Å². The SMILES string of the molecule is [2H]N[C@H](C)C(=O)N[C@@H](C)C(=O)N1CC(Oc2ccc3c(c2C(=O)O)O[B-](O)(O)CC3)C1. The van der Waals surface area contributed by atoms with Crippen LogP contribution >= 0.6 is 0 Å². The number of likely N-dealkylation sites (tertiary alicyclic amines) is 1. The number of aromatic carboxylic acids is 1. The van der Waals surface area contributed by atoms with Crippen LogP contribution in [0.15, 0.2) is 12.1 Å². The number of nitrogens with zero attached hydrogens (tertiary/aromatic N) is 1. The lowest BCUT2D eigenvalue weighted by Crippen LogP contribution is -2.61. The van der Waals surface area contributed by atoms with Crippen molar-refractivity contribution >= 4 is 24.5 Å². The topological polar surface area (TPSA) is 172 Å². The number of carbonyl (C=O) groups is 3. The normalized spacial score (nSPS) is 20.0. The summed E-state index contributed by atoms with van der Waals surface area (Å²) in [7, 11) is 0. The number of fused-ring (bicyclic) bond motifs is 1. The van der Waals surface area contributed by atoms with E-state index in [1.165, 1.54) is 24.8 Å². The Labute approximate surface area is 174 Å². The Hall–Kier alpha value is -2.83. The van der Waals surface area contributed by atoms with Gasteiger partial charge in [0.1, 0.15) is 24.9 Å². The fraction of sp³-hybridized carbons (Fsp3) is 0.500. The van der Waals surface area contributed by atoms with Gasteiger partial charge in [-0.05, 0) is 31.9 Å². The number of hydrogen-bond donors (Lipinski definition) is 5. The quantitative estimate of drug-likeness (QED) is 0.334. The van der Waals surface area contributed by atoms with E-state index in [4.69, 9.17) is 10.8 Å². The van der Waals surface area contributed by atoms with E-state index in [2.05, 4.69) is 5.32 Å². The second-order valence-electron chi connectivity index (χ2n) is 7.68. The standard InChI is InChI=1S/C18H25BN3O8/c1-9(20)16(23)21-10(2)17(24)22-7-12(8-22)29-13-4-3-11-5-6-19(27,28)30-15(11)14(13)18(25)26/h3-4,9-10,12,27-28H,5-8,20H2,1-2H3,(H,21,23)(H,25,26)/q-1/t9-,10+/m1/s1/i/hD. The van der Waals surface area contributed by atoms with Crippen LogP contribution in [0.5, 0.6) is 11.5 Å². The molecular weight excluding hydrogens is 397 g/mol. The number of hydrogen-bond acceptors (Lipinski definition) is 8. The summed E-state index contributed by atoms with van der Waals surface area (Å²) in [6.07, 6.45) is -0.247. The minimum atomic E-state index is -3.13. The molecule has 2 aliphatic rings. The third-order valence-corrected chi connectivity index (χ3v) is 5.09. The van der Waals surface area contributed by atoms with E-state index in [0.29, 0.717) is 5.56 Å². The third kappa shape index (κ3) is 4.50. The molecule has 0 bridgehead atoms. The van der Waals surface area contributed by atoms with Gasteiger partial charge < -0.3 is 40.5 Å². The number of carbonyl (C=O) groups excluding carboxylic acids is 2. The molecule has 0 aliphatic carbocycles. The van der Waals surface area contributed by atoms with Gasteiger partial charge in [-0.3, -0.25) is 9.59 Å². The average molecular weight is 423 g/mol. The molecule has 1 saturated heterocycles. The molecule has 0 unspecified atom stereocenters. The van der Waals surface area contributed by atoms with Gasteiger partial charge in [0.05, 0.1) is 24.9 Å². The maximum Gasteiger partial charge on any atom is 0.430 e. The monoisotopic (exact) mass is 423 g/mol. The first-order valence-corrected chi connectivity index (χ1v) is 9.64. The smallest absolute Gasteiger partial charge is 0.430 e. The highest BCUT2D eigenvalue weighted by Crippen LogP contribution is 2.38. The number of benzene rings is 1. The summed E-state index contributed by atoms with van der Waals surface area (Å²) in [5.41, 5.74) is 2.29. The molecule has 2 amide bonds. The largest absolute Gasteiger partial charge is 0.669 e. The Morgan fingerprint density at radius 1 is 1.37 bits per heavy atom. The van der Waals surface area contributed by atoms with Crippen LogP contribution in [0, 0.1) is 0 Å². The highest BCUT2D eigenvalue weighted by Gasteiger charge is 2.37. The maximum absolute atomic E-state index is 12.4. The predicted octanol–water partition coefficient (Wildman–Crippen LogP) is -1.32. The molecule has 11 nitrogen and oxygen atoms in total. The van der Waals surface area contributed by atoms with Gasteiger partial charge in [0, 0.05) is 0 Å². The molecular formula is C18H25BN3O8-. The van der Waals surface area contributed by atoms with Crippen molar-refractivity contribution in [3.63, 3.8) is 0 Å². The van der Waals surface area contributed by atoms with Gasteiger partial charge in [0.25, 0.3) is 0 Å². The zero-order valence-corrected chi connectivity index (χ0v) is 16.6. The Morgan fingerprint density at radius 2 is 2.07 bits per heavy atom.